The Hall–Kier alpha value is -2.18. The van der Waals surface area contributed by atoms with E-state index in [9.17, 15) is 18.3 Å². The van der Waals surface area contributed by atoms with Crippen LogP contribution in [0.3, 0.4) is 0 Å². The molecule has 1 saturated carbocycles. The van der Waals surface area contributed by atoms with Crippen LogP contribution in [0.25, 0.3) is 0 Å². The molecule has 1 unspecified atom stereocenters. The minimum absolute atomic E-state index is 0.108. The third-order valence-corrected chi connectivity index (χ3v) is 5.19. The van der Waals surface area contributed by atoms with Crippen LogP contribution in [0, 0.1) is 5.92 Å². The molecule has 1 aliphatic rings. The molecule has 7 heteroatoms. The van der Waals surface area contributed by atoms with E-state index in [2.05, 4.69) is 11.9 Å². The Morgan fingerprint density at radius 1 is 1.21 bits per heavy atom. The van der Waals surface area contributed by atoms with Crippen molar-refractivity contribution in [3.63, 3.8) is 0 Å². The molecule has 0 aliphatic heterocycles. The molecule has 1 fully saturated rings. The number of nitrogens with one attached hydrogen (secondary N) is 1. The van der Waals surface area contributed by atoms with Gasteiger partial charge >= 0.3 is 6.18 Å². The largest absolute Gasteiger partial charge is 0.497 e. The molecule has 28 heavy (non-hydrogen) atoms. The lowest BCUT2D eigenvalue weighted by Gasteiger charge is -2.35. The van der Waals surface area contributed by atoms with Crippen LogP contribution in [-0.2, 0) is 12.1 Å². The Morgan fingerprint density at radius 2 is 1.86 bits per heavy atom. The maximum Gasteiger partial charge on any atom is 0.425 e. The smallest absolute Gasteiger partial charge is 0.425 e. The van der Waals surface area contributed by atoms with Crippen molar-refractivity contribution in [2.75, 3.05) is 12.4 Å². The first-order valence-electron chi connectivity index (χ1n) is 8.82. The van der Waals surface area contributed by atoms with E-state index in [1.807, 2.05) is 0 Å². The van der Waals surface area contributed by atoms with E-state index in [0.29, 0.717) is 18.6 Å². The molecule has 0 radical (unpaired) electrons. The molecule has 2 aromatic rings. The summed E-state index contributed by atoms with van der Waals surface area (Å²) in [6.45, 7) is 3.85. The number of aliphatic hydroxyl groups is 1. The minimum Gasteiger partial charge on any atom is -0.497 e. The Labute approximate surface area is 166 Å². The van der Waals surface area contributed by atoms with Gasteiger partial charge in [-0.05, 0) is 60.2 Å². The van der Waals surface area contributed by atoms with Crippen LogP contribution in [0.1, 0.15) is 24.0 Å². The minimum atomic E-state index is -4.92. The lowest BCUT2D eigenvalue weighted by Crippen LogP contribution is -2.45. The first-order chi connectivity index (χ1) is 13.2. The van der Waals surface area contributed by atoms with Gasteiger partial charge in [0.05, 0.1) is 7.11 Å². The maximum atomic E-state index is 14.0. The molecule has 3 nitrogen and oxygen atoms in total. The number of methoxy groups -OCH3 is 1. The second-order valence-corrected chi connectivity index (χ2v) is 7.34. The van der Waals surface area contributed by atoms with Crippen molar-refractivity contribution in [1.29, 1.82) is 0 Å². The quantitative estimate of drug-likeness (QED) is 0.576. The van der Waals surface area contributed by atoms with Crippen LogP contribution in [0.2, 0.25) is 5.02 Å². The molecule has 1 atom stereocenters. The zero-order valence-electron chi connectivity index (χ0n) is 15.3. The van der Waals surface area contributed by atoms with Gasteiger partial charge in [-0.15, -0.1) is 0 Å². The molecular weight excluding hydrogens is 391 g/mol. The summed E-state index contributed by atoms with van der Waals surface area (Å²) in [7, 11) is 1.55. The Bertz CT molecular complexity index is 863. The van der Waals surface area contributed by atoms with Gasteiger partial charge < -0.3 is 15.2 Å². The highest BCUT2D eigenvalue weighted by Crippen LogP contribution is 2.53. The number of anilines is 1. The lowest BCUT2D eigenvalue weighted by atomic mass is 9.82. The van der Waals surface area contributed by atoms with Crippen molar-refractivity contribution < 1.29 is 23.0 Å². The van der Waals surface area contributed by atoms with Gasteiger partial charge in [-0.1, -0.05) is 30.3 Å². The van der Waals surface area contributed by atoms with Crippen molar-refractivity contribution in [1.82, 2.24) is 0 Å². The van der Waals surface area contributed by atoms with E-state index in [1.54, 1.807) is 31.4 Å². The first-order valence-corrected chi connectivity index (χ1v) is 9.20. The summed E-state index contributed by atoms with van der Waals surface area (Å²) in [5.74, 6) is 0.336. The molecule has 0 aromatic heterocycles. The van der Waals surface area contributed by atoms with E-state index in [-0.39, 0.29) is 34.3 Å². The number of halogens is 4. The SMILES string of the molecule is C=C(C1CC1)C(O)(c1cc(Cl)ccc1NCc1ccc(OC)cc1)C(F)(F)F. The van der Waals surface area contributed by atoms with Crippen LogP contribution in [0.15, 0.2) is 54.6 Å². The number of hydrogen-bond acceptors (Lipinski definition) is 3. The molecule has 0 amide bonds. The van der Waals surface area contributed by atoms with Crippen molar-refractivity contribution in [3.05, 3.63) is 70.8 Å². The molecule has 0 bridgehead atoms. The van der Waals surface area contributed by atoms with E-state index in [0.717, 1.165) is 11.6 Å². The standard InChI is InChI=1S/C21H21ClF3NO2/c1-13(15-5-6-15)20(27,21(23,24)25)18-11-16(22)7-10-19(18)26-12-14-3-8-17(28-2)9-4-14/h3-4,7-11,15,26-27H,1,5-6,12H2,2H3. The van der Waals surface area contributed by atoms with Gasteiger partial charge in [0.1, 0.15) is 5.75 Å². The number of ether oxygens (including phenoxy) is 1. The lowest BCUT2D eigenvalue weighted by molar-refractivity contribution is -0.251. The highest BCUT2D eigenvalue weighted by Gasteiger charge is 2.60. The summed E-state index contributed by atoms with van der Waals surface area (Å²) in [5, 5.41) is 13.9. The van der Waals surface area contributed by atoms with Gasteiger partial charge in [-0.25, -0.2) is 0 Å². The summed E-state index contributed by atoms with van der Waals surface area (Å²) in [5.41, 5.74) is -2.74. The molecule has 1 aliphatic carbocycles. The second-order valence-electron chi connectivity index (χ2n) is 6.90. The fraction of sp³-hybridized carbons (Fsp3) is 0.333. The normalized spacial score (nSPS) is 16.4. The topological polar surface area (TPSA) is 41.5 Å². The summed E-state index contributed by atoms with van der Waals surface area (Å²) in [6, 6.07) is 11.2. The Morgan fingerprint density at radius 3 is 2.39 bits per heavy atom. The summed E-state index contributed by atoms with van der Waals surface area (Å²) in [6.07, 6.45) is -3.74. The molecule has 0 heterocycles. The summed E-state index contributed by atoms with van der Waals surface area (Å²) >= 11 is 5.97. The molecular formula is C21H21ClF3NO2. The molecule has 0 saturated heterocycles. The third-order valence-electron chi connectivity index (χ3n) is 4.96. The van der Waals surface area contributed by atoms with E-state index in [4.69, 9.17) is 16.3 Å². The summed E-state index contributed by atoms with van der Waals surface area (Å²) < 4.78 is 47.1. The summed E-state index contributed by atoms with van der Waals surface area (Å²) in [4.78, 5) is 0. The van der Waals surface area contributed by atoms with Crippen molar-refractivity contribution in [2.24, 2.45) is 5.92 Å². The van der Waals surface area contributed by atoms with Crippen molar-refractivity contribution in [3.8, 4) is 5.75 Å². The number of rotatable bonds is 7. The van der Waals surface area contributed by atoms with E-state index in [1.165, 1.54) is 12.1 Å². The van der Waals surface area contributed by atoms with Gasteiger partial charge in [0.15, 0.2) is 0 Å². The van der Waals surface area contributed by atoms with Crippen molar-refractivity contribution in [2.45, 2.75) is 31.2 Å². The van der Waals surface area contributed by atoms with Gasteiger partial charge in [0.25, 0.3) is 0 Å². The predicted molar refractivity (Wildman–Crippen MR) is 104 cm³/mol. The van der Waals surface area contributed by atoms with E-state index >= 15 is 0 Å². The van der Waals surface area contributed by atoms with Crippen LogP contribution < -0.4 is 10.1 Å². The van der Waals surface area contributed by atoms with Gasteiger partial charge in [-0.2, -0.15) is 13.2 Å². The number of benzene rings is 2. The fourth-order valence-electron chi connectivity index (χ4n) is 3.15. The predicted octanol–water partition coefficient (Wildman–Crippen LogP) is 5.68. The second kappa shape index (κ2) is 7.68. The average Bonchev–Trinajstić information content (AvgIpc) is 3.50. The highest BCUT2D eigenvalue weighted by molar-refractivity contribution is 6.30. The van der Waals surface area contributed by atoms with E-state index < -0.39 is 11.8 Å². The molecule has 2 N–H and O–H groups in total. The van der Waals surface area contributed by atoms with Gasteiger partial charge in [-0.3, -0.25) is 0 Å². The molecule has 150 valence electrons. The number of alkyl halides is 3. The highest BCUT2D eigenvalue weighted by atomic mass is 35.5. The Kier molecular flexibility index (Phi) is 5.64. The zero-order chi connectivity index (χ0) is 20.5. The molecule has 3 rings (SSSR count). The van der Waals surface area contributed by atoms with Crippen LogP contribution >= 0.6 is 11.6 Å². The third kappa shape index (κ3) is 3.98. The average molecular weight is 412 g/mol. The van der Waals surface area contributed by atoms with Crippen molar-refractivity contribution >= 4 is 17.3 Å². The molecule has 2 aromatic carbocycles. The Balaban J connectivity index is 1.95. The number of hydrogen-bond donors (Lipinski definition) is 2. The van der Waals surface area contributed by atoms with Gasteiger partial charge in [0.2, 0.25) is 5.60 Å². The first kappa shape index (κ1) is 20.6. The van der Waals surface area contributed by atoms with Gasteiger partial charge in [0, 0.05) is 22.8 Å². The fourth-order valence-corrected chi connectivity index (χ4v) is 3.32. The molecule has 0 spiro atoms. The van der Waals surface area contributed by atoms with Crippen LogP contribution in [-0.4, -0.2) is 18.4 Å². The zero-order valence-corrected chi connectivity index (χ0v) is 16.1. The van der Waals surface area contributed by atoms with Crippen LogP contribution in [0.4, 0.5) is 18.9 Å². The monoisotopic (exact) mass is 411 g/mol. The van der Waals surface area contributed by atoms with Crippen LogP contribution in [0.5, 0.6) is 5.75 Å². The maximum absolute atomic E-state index is 14.0.